The zero-order valence-electron chi connectivity index (χ0n) is 16.2. The molecule has 2 heterocycles. The molecule has 5 nitrogen and oxygen atoms in total. The SMILES string of the molecule is Cc1c(Cl)cccc1N1C(=O)[C@H]2C(c3ccccc3)=NN(c3ccccc3)[C@H]2C1=O. The Labute approximate surface area is 179 Å². The van der Waals surface area contributed by atoms with Crippen molar-refractivity contribution < 1.29 is 9.59 Å². The number of amides is 2. The second-order valence-corrected chi connectivity index (χ2v) is 7.76. The molecule has 0 unspecified atom stereocenters. The van der Waals surface area contributed by atoms with Crippen LogP contribution in [0.5, 0.6) is 0 Å². The van der Waals surface area contributed by atoms with Gasteiger partial charge in [-0.1, -0.05) is 66.2 Å². The molecular weight excluding hydrogens is 398 g/mol. The number of para-hydroxylation sites is 1. The molecule has 0 spiro atoms. The van der Waals surface area contributed by atoms with Gasteiger partial charge in [-0.15, -0.1) is 0 Å². The third-order valence-corrected chi connectivity index (χ3v) is 6.03. The van der Waals surface area contributed by atoms with Crippen LogP contribution in [0.15, 0.2) is 84.0 Å². The summed E-state index contributed by atoms with van der Waals surface area (Å²) in [6, 6.07) is 23.5. The van der Waals surface area contributed by atoms with Crippen LogP contribution in [0.1, 0.15) is 11.1 Å². The number of benzene rings is 3. The van der Waals surface area contributed by atoms with Gasteiger partial charge in [-0.25, -0.2) is 4.90 Å². The van der Waals surface area contributed by atoms with E-state index in [0.29, 0.717) is 22.0 Å². The highest BCUT2D eigenvalue weighted by Gasteiger charge is 2.57. The molecule has 2 amide bonds. The second-order valence-electron chi connectivity index (χ2n) is 7.35. The number of fused-ring (bicyclic) bond motifs is 1. The number of hydrogen-bond donors (Lipinski definition) is 0. The van der Waals surface area contributed by atoms with Crippen molar-refractivity contribution in [2.45, 2.75) is 13.0 Å². The van der Waals surface area contributed by atoms with Gasteiger partial charge in [0.25, 0.3) is 5.91 Å². The number of hydrazone groups is 1. The summed E-state index contributed by atoms with van der Waals surface area (Å²) in [5, 5.41) is 6.93. The van der Waals surface area contributed by atoms with Gasteiger partial charge in [-0.3, -0.25) is 14.6 Å². The summed E-state index contributed by atoms with van der Waals surface area (Å²) in [7, 11) is 0. The van der Waals surface area contributed by atoms with Crippen LogP contribution in [0.3, 0.4) is 0 Å². The van der Waals surface area contributed by atoms with Crippen molar-refractivity contribution in [1.82, 2.24) is 0 Å². The third kappa shape index (κ3) is 2.74. The van der Waals surface area contributed by atoms with Crippen molar-refractivity contribution >= 4 is 40.5 Å². The van der Waals surface area contributed by atoms with E-state index in [9.17, 15) is 9.59 Å². The molecule has 6 heteroatoms. The number of anilines is 2. The van der Waals surface area contributed by atoms with Crippen molar-refractivity contribution in [3.8, 4) is 0 Å². The number of nitrogens with zero attached hydrogens (tertiary/aromatic N) is 3. The fourth-order valence-corrected chi connectivity index (χ4v) is 4.30. The number of halogens is 1. The average Bonchev–Trinajstić information content (AvgIpc) is 3.29. The number of carbonyl (C=O) groups is 2. The van der Waals surface area contributed by atoms with Crippen LogP contribution in [-0.4, -0.2) is 23.6 Å². The molecule has 0 saturated carbocycles. The smallest absolute Gasteiger partial charge is 0.259 e. The molecule has 0 aromatic heterocycles. The molecule has 1 fully saturated rings. The summed E-state index contributed by atoms with van der Waals surface area (Å²) < 4.78 is 0. The highest BCUT2D eigenvalue weighted by Crippen LogP contribution is 2.40. The number of imide groups is 1. The molecule has 0 radical (unpaired) electrons. The number of carbonyl (C=O) groups excluding carboxylic acids is 2. The zero-order chi connectivity index (χ0) is 20.8. The molecule has 148 valence electrons. The van der Waals surface area contributed by atoms with Gasteiger partial charge in [-0.05, 0) is 42.3 Å². The molecule has 0 N–H and O–H groups in total. The number of rotatable bonds is 3. The quantitative estimate of drug-likeness (QED) is 0.594. The molecule has 2 atom stereocenters. The maximum atomic E-state index is 13.6. The maximum Gasteiger partial charge on any atom is 0.259 e. The van der Waals surface area contributed by atoms with E-state index in [1.54, 1.807) is 23.2 Å². The lowest BCUT2D eigenvalue weighted by atomic mass is 9.93. The minimum atomic E-state index is -0.728. The van der Waals surface area contributed by atoms with E-state index in [4.69, 9.17) is 16.7 Å². The molecule has 3 aromatic carbocycles. The van der Waals surface area contributed by atoms with Gasteiger partial charge >= 0.3 is 0 Å². The summed E-state index contributed by atoms with van der Waals surface area (Å²) in [6.07, 6.45) is 0. The van der Waals surface area contributed by atoms with Crippen LogP contribution in [0.4, 0.5) is 11.4 Å². The van der Waals surface area contributed by atoms with Gasteiger partial charge in [-0.2, -0.15) is 5.10 Å². The summed E-state index contributed by atoms with van der Waals surface area (Å²) in [6.45, 7) is 1.81. The second kappa shape index (κ2) is 7.11. The van der Waals surface area contributed by atoms with Crippen LogP contribution >= 0.6 is 11.6 Å². The topological polar surface area (TPSA) is 53.0 Å². The lowest BCUT2D eigenvalue weighted by molar-refractivity contribution is -0.121. The first-order valence-electron chi connectivity index (χ1n) is 9.69. The molecule has 5 rings (SSSR count). The minimum Gasteiger partial charge on any atom is -0.273 e. The highest BCUT2D eigenvalue weighted by molar-refractivity contribution is 6.35. The minimum absolute atomic E-state index is 0.281. The molecule has 30 heavy (non-hydrogen) atoms. The third-order valence-electron chi connectivity index (χ3n) is 5.62. The Bertz CT molecular complexity index is 1180. The Kier molecular flexibility index (Phi) is 4.40. The summed E-state index contributed by atoms with van der Waals surface area (Å²) in [5.41, 5.74) is 3.42. The lowest BCUT2D eigenvalue weighted by Crippen LogP contribution is -2.39. The first-order chi connectivity index (χ1) is 14.6. The van der Waals surface area contributed by atoms with Gasteiger partial charge in [0.2, 0.25) is 5.91 Å². The zero-order valence-corrected chi connectivity index (χ0v) is 17.0. The fraction of sp³-hybridized carbons (Fsp3) is 0.125. The largest absolute Gasteiger partial charge is 0.273 e. The van der Waals surface area contributed by atoms with Crippen molar-refractivity contribution in [3.05, 3.63) is 95.0 Å². The summed E-state index contributed by atoms with van der Waals surface area (Å²) >= 11 is 6.27. The molecule has 0 aliphatic carbocycles. The average molecular weight is 416 g/mol. The van der Waals surface area contributed by atoms with Crippen molar-refractivity contribution in [2.75, 3.05) is 9.91 Å². The summed E-state index contributed by atoms with van der Waals surface area (Å²) in [4.78, 5) is 28.4. The monoisotopic (exact) mass is 415 g/mol. The predicted molar refractivity (Wildman–Crippen MR) is 118 cm³/mol. The van der Waals surface area contributed by atoms with Crippen molar-refractivity contribution in [1.29, 1.82) is 0 Å². The number of hydrogen-bond acceptors (Lipinski definition) is 4. The Hall–Kier alpha value is -3.44. The van der Waals surface area contributed by atoms with E-state index in [2.05, 4.69) is 0 Å². The highest BCUT2D eigenvalue weighted by atomic mass is 35.5. The fourth-order valence-electron chi connectivity index (χ4n) is 4.13. The van der Waals surface area contributed by atoms with Crippen LogP contribution < -0.4 is 9.91 Å². The standard InChI is InChI=1S/C24H18ClN3O2/c1-15-18(25)13-8-14-19(15)27-23(29)20-21(16-9-4-2-5-10-16)26-28(22(20)24(27)30)17-11-6-3-7-12-17/h2-14,20,22H,1H3/t20-,22+/m0/s1. The molecular formula is C24H18ClN3O2. The van der Waals surface area contributed by atoms with Gasteiger partial charge in [0.15, 0.2) is 0 Å². The van der Waals surface area contributed by atoms with Gasteiger partial charge in [0.05, 0.1) is 17.1 Å². The normalized spacial score (nSPS) is 20.5. The van der Waals surface area contributed by atoms with E-state index in [1.165, 1.54) is 4.90 Å². The first-order valence-corrected chi connectivity index (χ1v) is 10.1. The maximum absolute atomic E-state index is 13.6. The molecule has 1 saturated heterocycles. The summed E-state index contributed by atoms with van der Waals surface area (Å²) in [5.74, 6) is -1.26. The molecule has 0 bridgehead atoms. The van der Waals surface area contributed by atoms with Crippen LogP contribution in [-0.2, 0) is 9.59 Å². The van der Waals surface area contributed by atoms with Gasteiger partial charge < -0.3 is 0 Å². The molecule has 2 aliphatic heterocycles. The predicted octanol–water partition coefficient (Wildman–Crippen LogP) is 4.43. The molecule has 3 aromatic rings. The van der Waals surface area contributed by atoms with Crippen LogP contribution in [0.25, 0.3) is 0 Å². The van der Waals surface area contributed by atoms with E-state index in [0.717, 1.165) is 11.3 Å². The van der Waals surface area contributed by atoms with E-state index < -0.39 is 12.0 Å². The van der Waals surface area contributed by atoms with E-state index in [1.807, 2.05) is 67.6 Å². The Morgan fingerprint density at radius 1 is 0.833 bits per heavy atom. The van der Waals surface area contributed by atoms with Crippen LogP contribution in [0.2, 0.25) is 5.02 Å². The Morgan fingerprint density at radius 2 is 1.50 bits per heavy atom. The van der Waals surface area contributed by atoms with Gasteiger partial charge in [0, 0.05) is 5.02 Å². The van der Waals surface area contributed by atoms with E-state index >= 15 is 0 Å². The van der Waals surface area contributed by atoms with Crippen molar-refractivity contribution in [2.24, 2.45) is 11.0 Å². The van der Waals surface area contributed by atoms with Crippen molar-refractivity contribution in [3.63, 3.8) is 0 Å². The Balaban J connectivity index is 1.66. The van der Waals surface area contributed by atoms with Crippen LogP contribution in [0, 0.1) is 12.8 Å². The first kappa shape index (κ1) is 18.6. The molecule has 2 aliphatic rings. The van der Waals surface area contributed by atoms with E-state index in [-0.39, 0.29) is 11.8 Å². The van der Waals surface area contributed by atoms with Gasteiger partial charge in [0.1, 0.15) is 12.0 Å². The Morgan fingerprint density at radius 3 is 2.20 bits per heavy atom. The lowest BCUT2D eigenvalue weighted by Gasteiger charge is -2.23.